The Bertz CT molecular complexity index is 471. The molecule has 0 aromatic carbocycles. The highest BCUT2D eigenvalue weighted by Crippen LogP contribution is 2.21. The topological polar surface area (TPSA) is 70.9 Å². The van der Waals surface area contributed by atoms with E-state index in [0.29, 0.717) is 5.69 Å². The Labute approximate surface area is 86.4 Å². The van der Waals surface area contributed by atoms with Crippen LogP contribution in [-0.2, 0) is 18.3 Å². The molecule has 5 nitrogen and oxygen atoms in total. The minimum Gasteiger partial charge on any atom is -0.481 e. The van der Waals surface area contributed by atoms with Crippen molar-refractivity contribution in [2.24, 2.45) is 7.05 Å². The minimum absolute atomic E-state index is 0.0230. The van der Waals surface area contributed by atoms with E-state index >= 15 is 0 Å². The number of hydrogen-bond acceptors (Lipinski definition) is 2. The highest BCUT2D eigenvalue weighted by Gasteiger charge is 2.13. The van der Waals surface area contributed by atoms with Crippen molar-refractivity contribution in [1.82, 2.24) is 14.8 Å². The van der Waals surface area contributed by atoms with Gasteiger partial charge in [0.15, 0.2) is 0 Å². The third-order valence-corrected chi connectivity index (χ3v) is 2.27. The normalized spacial score (nSPS) is 10.5. The number of aliphatic carboxylic acids is 1. The molecule has 0 fully saturated rings. The molecule has 0 spiro atoms. The van der Waals surface area contributed by atoms with Crippen LogP contribution < -0.4 is 0 Å². The van der Waals surface area contributed by atoms with E-state index in [1.54, 1.807) is 24.1 Å². The summed E-state index contributed by atoms with van der Waals surface area (Å²) >= 11 is 0. The molecule has 0 radical (unpaired) electrons. The molecule has 0 aliphatic carbocycles. The standard InChI is InChI=1S/C10H11N3O2/c1-13-9(5-10(14)15)7(6-12-13)8-3-2-4-11-8/h2-4,6,11H,5H2,1H3,(H,14,15). The lowest BCUT2D eigenvalue weighted by Crippen LogP contribution is -2.07. The Hall–Kier alpha value is -2.04. The molecule has 0 saturated carbocycles. The number of rotatable bonds is 3. The van der Waals surface area contributed by atoms with Gasteiger partial charge in [-0.15, -0.1) is 0 Å². The summed E-state index contributed by atoms with van der Waals surface area (Å²) in [6.45, 7) is 0. The van der Waals surface area contributed by atoms with Gasteiger partial charge in [-0.3, -0.25) is 9.48 Å². The van der Waals surface area contributed by atoms with Crippen molar-refractivity contribution in [2.75, 3.05) is 0 Å². The van der Waals surface area contributed by atoms with Gasteiger partial charge in [0.1, 0.15) is 0 Å². The van der Waals surface area contributed by atoms with Gasteiger partial charge in [0.05, 0.1) is 18.3 Å². The Balaban J connectivity index is 2.44. The fourth-order valence-electron chi connectivity index (χ4n) is 1.54. The summed E-state index contributed by atoms with van der Waals surface area (Å²) in [6, 6.07) is 3.76. The zero-order valence-corrected chi connectivity index (χ0v) is 8.27. The van der Waals surface area contributed by atoms with Gasteiger partial charge in [0.2, 0.25) is 0 Å². The molecule has 5 heteroatoms. The Morgan fingerprint density at radius 1 is 1.67 bits per heavy atom. The van der Waals surface area contributed by atoms with Gasteiger partial charge in [-0.05, 0) is 12.1 Å². The summed E-state index contributed by atoms with van der Waals surface area (Å²) in [5, 5.41) is 12.8. The fraction of sp³-hybridized carbons (Fsp3) is 0.200. The first-order valence-corrected chi connectivity index (χ1v) is 4.55. The van der Waals surface area contributed by atoms with Crippen LogP contribution in [0.15, 0.2) is 24.5 Å². The molecular formula is C10H11N3O2. The molecule has 2 aromatic heterocycles. The van der Waals surface area contributed by atoms with Crippen molar-refractivity contribution in [3.05, 3.63) is 30.2 Å². The fourth-order valence-corrected chi connectivity index (χ4v) is 1.54. The Morgan fingerprint density at radius 2 is 2.47 bits per heavy atom. The largest absolute Gasteiger partial charge is 0.481 e. The van der Waals surface area contributed by atoms with Crippen molar-refractivity contribution >= 4 is 5.97 Å². The average molecular weight is 205 g/mol. The van der Waals surface area contributed by atoms with E-state index in [2.05, 4.69) is 10.1 Å². The van der Waals surface area contributed by atoms with Crippen LogP contribution in [0.4, 0.5) is 0 Å². The number of H-pyrrole nitrogens is 1. The number of nitrogens with zero attached hydrogens (tertiary/aromatic N) is 2. The van der Waals surface area contributed by atoms with Gasteiger partial charge in [0, 0.05) is 24.5 Å². The van der Waals surface area contributed by atoms with E-state index in [1.807, 2.05) is 12.1 Å². The van der Waals surface area contributed by atoms with Gasteiger partial charge in [0.25, 0.3) is 0 Å². The monoisotopic (exact) mass is 205 g/mol. The Morgan fingerprint density at radius 3 is 3.07 bits per heavy atom. The summed E-state index contributed by atoms with van der Waals surface area (Å²) in [6.07, 6.45) is 3.45. The third kappa shape index (κ3) is 1.76. The van der Waals surface area contributed by atoms with Gasteiger partial charge in [-0.25, -0.2) is 0 Å². The van der Waals surface area contributed by atoms with Gasteiger partial charge < -0.3 is 10.1 Å². The first-order valence-electron chi connectivity index (χ1n) is 4.55. The lowest BCUT2D eigenvalue weighted by Gasteiger charge is -2.01. The van der Waals surface area contributed by atoms with Crippen LogP contribution >= 0.6 is 0 Å². The first kappa shape index (κ1) is 9.51. The summed E-state index contributed by atoms with van der Waals surface area (Å²) in [5.74, 6) is -0.855. The molecule has 15 heavy (non-hydrogen) atoms. The quantitative estimate of drug-likeness (QED) is 0.786. The molecule has 0 bridgehead atoms. The predicted octanol–water partition coefficient (Wildman–Crippen LogP) is 1.04. The lowest BCUT2D eigenvalue weighted by atomic mass is 10.1. The highest BCUT2D eigenvalue weighted by molar-refractivity contribution is 5.74. The van der Waals surface area contributed by atoms with E-state index in [9.17, 15) is 4.79 Å². The number of aromatic amines is 1. The van der Waals surface area contributed by atoms with Crippen LogP contribution in [0, 0.1) is 0 Å². The van der Waals surface area contributed by atoms with Crippen molar-refractivity contribution in [1.29, 1.82) is 0 Å². The summed E-state index contributed by atoms with van der Waals surface area (Å²) in [5.41, 5.74) is 2.43. The summed E-state index contributed by atoms with van der Waals surface area (Å²) < 4.78 is 1.59. The number of nitrogens with one attached hydrogen (secondary N) is 1. The van der Waals surface area contributed by atoms with Gasteiger partial charge in [-0.1, -0.05) is 0 Å². The van der Waals surface area contributed by atoms with Crippen LogP contribution in [-0.4, -0.2) is 25.8 Å². The second-order valence-corrected chi connectivity index (χ2v) is 3.28. The van der Waals surface area contributed by atoms with Crippen molar-refractivity contribution in [2.45, 2.75) is 6.42 Å². The zero-order valence-electron chi connectivity index (χ0n) is 8.27. The molecular weight excluding hydrogens is 194 g/mol. The maximum absolute atomic E-state index is 10.7. The molecule has 2 N–H and O–H groups in total. The molecule has 2 rings (SSSR count). The molecule has 0 aliphatic heterocycles. The molecule has 2 aromatic rings. The van der Waals surface area contributed by atoms with Crippen molar-refractivity contribution < 1.29 is 9.90 Å². The molecule has 0 aliphatic rings. The molecule has 0 amide bonds. The molecule has 0 saturated heterocycles. The minimum atomic E-state index is -0.855. The van der Waals surface area contributed by atoms with Crippen LogP contribution in [0.2, 0.25) is 0 Å². The molecule has 0 atom stereocenters. The molecule has 0 unspecified atom stereocenters. The third-order valence-electron chi connectivity index (χ3n) is 2.27. The first-order chi connectivity index (χ1) is 7.18. The van der Waals surface area contributed by atoms with E-state index in [-0.39, 0.29) is 6.42 Å². The number of carbonyl (C=O) groups is 1. The number of carboxylic acid groups (broad SMARTS) is 1. The van der Waals surface area contributed by atoms with Gasteiger partial charge in [-0.2, -0.15) is 5.10 Å². The predicted molar refractivity (Wildman–Crippen MR) is 54.3 cm³/mol. The van der Waals surface area contributed by atoms with E-state index in [4.69, 9.17) is 5.11 Å². The van der Waals surface area contributed by atoms with Crippen LogP contribution in [0.3, 0.4) is 0 Å². The molecule has 2 heterocycles. The second-order valence-electron chi connectivity index (χ2n) is 3.28. The molecule has 78 valence electrons. The lowest BCUT2D eigenvalue weighted by molar-refractivity contribution is -0.136. The summed E-state index contributed by atoms with van der Waals surface area (Å²) in [4.78, 5) is 13.7. The smallest absolute Gasteiger partial charge is 0.309 e. The Kier molecular flexibility index (Phi) is 2.29. The van der Waals surface area contributed by atoms with Gasteiger partial charge >= 0.3 is 5.97 Å². The number of aryl methyl sites for hydroxylation is 1. The SMILES string of the molecule is Cn1ncc(-c2ccc[nH]2)c1CC(=O)O. The maximum atomic E-state index is 10.7. The van der Waals surface area contributed by atoms with Crippen LogP contribution in [0.5, 0.6) is 0 Å². The zero-order chi connectivity index (χ0) is 10.8. The van der Waals surface area contributed by atoms with E-state index < -0.39 is 5.97 Å². The van der Waals surface area contributed by atoms with E-state index in [0.717, 1.165) is 11.3 Å². The highest BCUT2D eigenvalue weighted by atomic mass is 16.4. The average Bonchev–Trinajstić information content (AvgIpc) is 2.76. The number of hydrogen-bond donors (Lipinski definition) is 2. The van der Waals surface area contributed by atoms with Crippen molar-refractivity contribution in [3.63, 3.8) is 0 Å². The number of aromatic nitrogens is 3. The maximum Gasteiger partial charge on any atom is 0.309 e. The number of carboxylic acids is 1. The summed E-state index contributed by atoms with van der Waals surface area (Å²) in [7, 11) is 1.74. The van der Waals surface area contributed by atoms with Crippen LogP contribution in [0.1, 0.15) is 5.69 Å². The van der Waals surface area contributed by atoms with E-state index in [1.165, 1.54) is 0 Å². The second kappa shape index (κ2) is 3.61. The van der Waals surface area contributed by atoms with Crippen molar-refractivity contribution in [3.8, 4) is 11.3 Å². The van der Waals surface area contributed by atoms with Crippen LogP contribution in [0.25, 0.3) is 11.3 Å².